The van der Waals surface area contributed by atoms with Crippen molar-refractivity contribution in [1.29, 1.82) is 0 Å². The number of nitrogens with zero attached hydrogens (tertiary/aromatic N) is 1. The van der Waals surface area contributed by atoms with E-state index < -0.39 is 0 Å². The van der Waals surface area contributed by atoms with E-state index in [1.165, 1.54) is 6.07 Å². The number of nitrogens with one attached hydrogen (secondary N) is 1. The van der Waals surface area contributed by atoms with Crippen LogP contribution in [0.1, 0.15) is 5.69 Å². The van der Waals surface area contributed by atoms with E-state index in [4.69, 9.17) is 10.3 Å². The summed E-state index contributed by atoms with van der Waals surface area (Å²) in [5, 5.41) is 3.72. The van der Waals surface area contributed by atoms with Crippen molar-refractivity contribution in [3.8, 4) is 0 Å². The second-order valence-electron chi connectivity index (χ2n) is 3.72. The fourth-order valence-corrected chi connectivity index (χ4v) is 1.87. The summed E-state index contributed by atoms with van der Waals surface area (Å²) in [5.74, 6) is 0.414. The van der Waals surface area contributed by atoms with E-state index in [1.54, 1.807) is 19.1 Å². The van der Waals surface area contributed by atoms with Crippen LogP contribution in [0.4, 0.5) is 5.82 Å². The SMILES string of the molecule is Cc1cc(=O)c2c(ccc3c(N)[nH]oc32)n1. The van der Waals surface area contributed by atoms with E-state index in [1.807, 2.05) is 0 Å². The number of aryl methyl sites for hydroxylation is 1. The average molecular weight is 215 g/mol. The largest absolute Gasteiger partial charge is 0.382 e. The number of aromatic amines is 1. The van der Waals surface area contributed by atoms with Crippen LogP contribution in [0.2, 0.25) is 0 Å². The van der Waals surface area contributed by atoms with E-state index in [9.17, 15) is 4.79 Å². The molecule has 0 amide bonds. The fraction of sp³-hybridized carbons (Fsp3) is 0.0909. The molecule has 16 heavy (non-hydrogen) atoms. The van der Waals surface area contributed by atoms with Gasteiger partial charge in [-0.1, -0.05) is 0 Å². The van der Waals surface area contributed by atoms with Crippen molar-refractivity contribution in [1.82, 2.24) is 10.1 Å². The van der Waals surface area contributed by atoms with Gasteiger partial charge < -0.3 is 10.3 Å². The number of nitrogens with two attached hydrogens (primary N) is 1. The van der Waals surface area contributed by atoms with Crippen LogP contribution in [0.5, 0.6) is 0 Å². The van der Waals surface area contributed by atoms with Crippen LogP contribution in [0.25, 0.3) is 21.9 Å². The first kappa shape index (κ1) is 8.96. The second-order valence-corrected chi connectivity index (χ2v) is 3.72. The zero-order chi connectivity index (χ0) is 11.3. The molecule has 0 aliphatic heterocycles. The minimum Gasteiger partial charge on any atom is -0.382 e. The van der Waals surface area contributed by atoms with E-state index in [-0.39, 0.29) is 5.43 Å². The highest BCUT2D eigenvalue weighted by molar-refractivity contribution is 6.05. The van der Waals surface area contributed by atoms with Crippen molar-refractivity contribution in [2.75, 3.05) is 5.73 Å². The van der Waals surface area contributed by atoms with Crippen LogP contribution >= 0.6 is 0 Å². The molecule has 3 aromatic rings. The molecule has 0 fully saturated rings. The Kier molecular flexibility index (Phi) is 1.60. The molecule has 0 saturated heterocycles. The number of hydrogen-bond donors (Lipinski definition) is 2. The molecule has 5 heteroatoms. The van der Waals surface area contributed by atoms with Crippen molar-refractivity contribution in [3.63, 3.8) is 0 Å². The average Bonchev–Trinajstić information content (AvgIpc) is 2.59. The molecule has 5 nitrogen and oxygen atoms in total. The lowest BCUT2D eigenvalue weighted by molar-refractivity contribution is 0.462. The van der Waals surface area contributed by atoms with Crippen LogP contribution in [0, 0.1) is 6.92 Å². The van der Waals surface area contributed by atoms with E-state index in [2.05, 4.69) is 10.1 Å². The summed E-state index contributed by atoms with van der Waals surface area (Å²) < 4.78 is 5.19. The molecule has 3 rings (SSSR count). The Balaban J connectivity index is 2.65. The summed E-state index contributed by atoms with van der Waals surface area (Å²) in [7, 11) is 0. The number of anilines is 1. The lowest BCUT2D eigenvalue weighted by atomic mass is 10.1. The van der Waals surface area contributed by atoms with Crippen LogP contribution in [0.15, 0.2) is 27.5 Å². The number of H-pyrrole nitrogens is 1. The van der Waals surface area contributed by atoms with Crippen LogP contribution < -0.4 is 11.2 Å². The van der Waals surface area contributed by atoms with Gasteiger partial charge in [0.2, 0.25) is 0 Å². The predicted octanol–water partition coefficient (Wildman–Crippen LogP) is 1.56. The number of pyridine rings is 1. The number of hydrogen-bond acceptors (Lipinski definition) is 4. The highest BCUT2D eigenvalue weighted by atomic mass is 16.5. The molecular formula is C11H9N3O2. The first-order valence-electron chi connectivity index (χ1n) is 4.84. The molecule has 0 aliphatic carbocycles. The summed E-state index contributed by atoms with van der Waals surface area (Å²) in [4.78, 5) is 16.1. The van der Waals surface area contributed by atoms with Crippen molar-refractivity contribution >= 4 is 27.7 Å². The van der Waals surface area contributed by atoms with Gasteiger partial charge in [-0.15, -0.1) is 0 Å². The second kappa shape index (κ2) is 2.85. The van der Waals surface area contributed by atoms with Crippen LogP contribution in [-0.2, 0) is 0 Å². The minimum absolute atomic E-state index is 0.101. The lowest BCUT2D eigenvalue weighted by Gasteiger charge is -1.97. The summed E-state index contributed by atoms with van der Waals surface area (Å²) in [6.07, 6.45) is 0. The molecule has 0 unspecified atom stereocenters. The number of aromatic nitrogens is 2. The Hall–Kier alpha value is -2.30. The van der Waals surface area contributed by atoms with Gasteiger partial charge in [0.25, 0.3) is 0 Å². The Morgan fingerprint density at radius 1 is 1.44 bits per heavy atom. The molecule has 3 N–H and O–H groups in total. The Bertz CT molecular complexity index is 755. The van der Waals surface area contributed by atoms with Crippen molar-refractivity contribution < 1.29 is 4.52 Å². The van der Waals surface area contributed by atoms with Gasteiger partial charge in [0, 0.05) is 11.8 Å². The molecule has 2 aromatic heterocycles. The van der Waals surface area contributed by atoms with Crippen LogP contribution in [-0.4, -0.2) is 10.1 Å². The van der Waals surface area contributed by atoms with Crippen molar-refractivity contribution in [2.45, 2.75) is 6.92 Å². The van der Waals surface area contributed by atoms with Gasteiger partial charge in [0.05, 0.1) is 16.3 Å². The topological polar surface area (TPSA) is 84.9 Å². The Morgan fingerprint density at radius 3 is 3.06 bits per heavy atom. The molecule has 1 aromatic carbocycles. The van der Waals surface area contributed by atoms with Gasteiger partial charge in [-0.3, -0.25) is 9.78 Å². The summed E-state index contributed by atoms with van der Waals surface area (Å²) in [6, 6.07) is 5.05. The molecule has 0 aliphatic rings. The molecule has 80 valence electrons. The van der Waals surface area contributed by atoms with Gasteiger partial charge in [-0.25, -0.2) is 5.16 Å². The lowest BCUT2D eigenvalue weighted by Crippen LogP contribution is -2.03. The smallest absolute Gasteiger partial charge is 0.193 e. The zero-order valence-corrected chi connectivity index (χ0v) is 8.57. The fourth-order valence-electron chi connectivity index (χ4n) is 1.87. The summed E-state index contributed by atoms with van der Waals surface area (Å²) in [5.41, 5.74) is 7.36. The first-order valence-corrected chi connectivity index (χ1v) is 4.84. The normalized spacial score (nSPS) is 11.3. The van der Waals surface area contributed by atoms with Crippen molar-refractivity contribution in [3.05, 3.63) is 34.1 Å². The monoisotopic (exact) mass is 215 g/mol. The molecule has 0 saturated carbocycles. The molecule has 0 spiro atoms. The third kappa shape index (κ3) is 1.05. The van der Waals surface area contributed by atoms with Gasteiger partial charge in [-0.05, 0) is 19.1 Å². The molecule has 2 heterocycles. The molecule has 0 radical (unpaired) electrons. The maximum Gasteiger partial charge on any atom is 0.193 e. The van der Waals surface area contributed by atoms with Gasteiger partial charge in [0.15, 0.2) is 11.0 Å². The van der Waals surface area contributed by atoms with E-state index in [0.29, 0.717) is 33.4 Å². The minimum atomic E-state index is -0.101. The summed E-state index contributed by atoms with van der Waals surface area (Å²) >= 11 is 0. The standard InChI is InChI=1S/C11H9N3O2/c1-5-4-8(15)9-7(13-5)3-2-6-10(9)16-14-11(6)12/h2-4,14H,12H2,1H3. The van der Waals surface area contributed by atoms with Crippen molar-refractivity contribution in [2.24, 2.45) is 0 Å². The third-order valence-corrected chi connectivity index (χ3v) is 2.57. The highest BCUT2D eigenvalue weighted by Gasteiger charge is 2.11. The Labute approximate surface area is 89.8 Å². The van der Waals surface area contributed by atoms with Gasteiger partial charge in [0.1, 0.15) is 5.82 Å². The Morgan fingerprint density at radius 2 is 2.25 bits per heavy atom. The quantitative estimate of drug-likeness (QED) is 0.596. The first-order chi connectivity index (χ1) is 7.66. The summed E-state index contributed by atoms with van der Waals surface area (Å²) in [6.45, 7) is 1.79. The van der Waals surface area contributed by atoms with E-state index in [0.717, 1.165) is 0 Å². The maximum atomic E-state index is 11.9. The number of rotatable bonds is 0. The highest BCUT2D eigenvalue weighted by Crippen LogP contribution is 2.25. The molecular weight excluding hydrogens is 206 g/mol. The van der Waals surface area contributed by atoms with Gasteiger partial charge >= 0.3 is 0 Å². The zero-order valence-electron chi connectivity index (χ0n) is 8.57. The predicted molar refractivity (Wildman–Crippen MR) is 61.3 cm³/mol. The van der Waals surface area contributed by atoms with Crippen LogP contribution in [0.3, 0.4) is 0 Å². The van der Waals surface area contributed by atoms with E-state index >= 15 is 0 Å². The maximum absolute atomic E-state index is 11.9. The molecule has 0 bridgehead atoms. The third-order valence-electron chi connectivity index (χ3n) is 2.57. The number of fused-ring (bicyclic) bond motifs is 3. The molecule has 0 atom stereocenters. The number of nitrogen functional groups attached to an aromatic ring is 1. The number of benzene rings is 1. The van der Waals surface area contributed by atoms with Gasteiger partial charge in [-0.2, -0.15) is 0 Å².